The van der Waals surface area contributed by atoms with Crippen molar-refractivity contribution >= 4 is 17.9 Å². The average molecular weight is 308 g/mol. The highest BCUT2D eigenvalue weighted by Gasteiger charge is 2.59. The quantitative estimate of drug-likeness (QED) is 0.533. The number of aliphatic hydroxyl groups is 1. The second kappa shape index (κ2) is 6.81. The third kappa shape index (κ3) is 4.36. The van der Waals surface area contributed by atoms with Crippen LogP contribution in [0.2, 0.25) is 0 Å². The third-order valence-corrected chi connectivity index (χ3v) is 2.69. The molecule has 1 heterocycles. The molecule has 1 fully saturated rings. The fourth-order valence-corrected chi connectivity index (χ4v) is 1.96. The molecule has 0 bridgehead atoms. The molecule has 21 heavy (non-hydrogen) atoms. The van der Waals surface area contributed by atoms with E-state index < -0.39 is 55.3 Å². The second-order valence-corrected chi connectivity index (χ2v) is 4.54. The molecule has 1 aliphatic heterocycles. The number of esters is 3. The van der Waals surface area contributed by atoms with Gasteiger partial charge in [0.2, 0.25) is 5.79 Å². The summed E-state index contributed by atoms with van der Waals surface area (Å²) >= 11 is 0. The van der Waals surface area contributed by atoms with Crippen molar-refractivity contribution in [3.63, 3.8) is 0 Å². The van der Waals surface area contributed by atoms with Crippen LogP contribution in [0.3, 0.4) is 0 Å². The van der Waals surface area contributed by atoms with Crippen LogP contribution in [-0.4, -0.2) is 60.4 Å². The Labute approximate surface area is 120 Å². The van der Waals surface area contributed by atoms with Gasteiger partial charge in [0.25, 0.3) is 0 Å². The van der Waals surface area contributed by atoms with E-state index in [0.29, 0.717) is 0 Å². The number of carbonyl (C=O) groups is 3. The van der Waals surface area contributed by atoms with E-state index in [-0.39, 0.29) is 0 Å². The SMILES string of the molecule is CC(=O)OCC1(O)O[C@H](CF)[C@@H](OC(C)=O)[C@@H]1OC(C)=O. The summed E-state index contributed by atoms with van der Waals surface area (Å²) in [4.78, 5) is 33.0. The molecule has 120 valence electrons. The lowest BCUT2D eigenvalue weighted by molar-refractivity contribution is -0.256. The summed E-state index contributed by atoms with van der Waals surface area (Å²) in [5, 5.41) is 10.3. The maximum absolute atomic E-state index is 13.0. The van der Waals surface area contributed by atoms with Crippen LogP contribution in [-0.2, 0) is 33.3 Å². The van der Waals surface area contributed by atoms with Crippen molar-refractivity contribution in [2.45, 2.75) is 44.9 Å². The van der Waals surface area contributed by atoms with Gasteiger partial charge in [0.05, 0.1) is 0 Å². The van der Waals surface area contributed by atoms with E-state index in [0.717, 1.165) is 20.8 Å². The molecule has 4 atom stereocenters. The predicted molar refractivity (Wildman–Crippen MR) is 63.5 cm³/mol. The maximum atomic E-state index is 13.0. The van der Waals surface area contributed by atoms with E-state index in [1.807, 2.05) is 0 Å². The fraction of sp³-hybridized carbons (Fsp3) is 0.750. The molecule has 0 aromatic rings. The first-order valence-electron chi connectivity index (χ1n) is 6.13. The van der Waals surface area contributed by atoms with Gasteiger partial charge >= 0.3 is 17.9 Å². The lowest BCUT2D eigenvalue weighted by Gasteiger charge is -2.28. The van der Waals surface area contributed by atoms with E-state index in [2.05, 4.69) is 4.74 Å². The van der Waals surface area contributed by atoms with Gasteiger partial charge in [-0.1, -0.05) is 0 Å². The number of halogens is 1. The van der Waals surface area contributed by atoms with Crippen LogP contribution in [0, 0.1) is 0 Å². The second-order valence-electron chi connectivity index (χ2n) is 4.54. The lowest BCUT2D eigenvalue weighted by Crippen LogP contribution is -2.50. The molecule has 8 nitrogen and oxygen atoms in total. The predicted octanol–water partition coefficient (Wildman–Crippen LogP) is -0.530. The number of hydrogen-bond acceptors (Lipinski definition) is 8. The summed E-state index contributed by atoms with van der Waals surface area (Å²) in [6.07, 6.45) is -4.21. The molecular formula is C12H17FO8. The van der Waals surface area contributed by atoms with Crippen LogP contribution in [0.5, 0.6) is 0 Å². The van der Waals surface area contributed by atoms with E-state index in [9.17, 15) is 23.9 Å². The highest BCUT2D eigenvalue weighted by atomic mass is 19.1. The number of rotatable bonds is 5. The van der Waals surface area contributed by atoms with Gasteiger partial charge in [-0.05, 0) is 0 Å². The van der Waals surface area contributed by atoms with Crippen molar-refractivity contribution < 1.29 is 42.8 Å². The highest BCUT2D eigenvalue weighted by molar-refractivity contribution is 5.68. The smallest absolute Gasteiger partial charge is 0.303 e. The molecule has 0 saturated carbocycles. The first kappa shape index (κ1) is 17.3. The normalized spacial score (nSPS) is 31.6. The van der Waals surface area contributed by atoms with Crippen molar-refractivity contribution in [3.05, 3.63) is 0 Å². The summed E-state index contributed by atoms with van der Waals surface area (Å²) in [6, 6.07) is 0. The minimum absolute atomic E-state index is 0.700. The first-order chi connectivity index (χ1) is 9.69. The largest absolute Gasteiger partial charge is 0.460 e. The fourth-order valence-electron chi connectivity index (χ4n) is 1.96. The molecule has 0 radical (unpaired) electrons. The summed E-state index contributed by atoms with van der Waals surface area (Å²) in [7, 11) is 0. The standard InChI is InChI=1S/C12H17FO8/c1-6(14)18-5-12(17)11(20-8(3)16)10(19-7(2)15)9(4-13)21-12/h9-11,17H,4-5H2,1-3H3/t9-,10-,11+,12?/m1/s1. The van der Waals surface area contributed by atoms with Gasteiger partial charge in [-0.3, -0.25) is 14.4 Å². The molecule has 1 unspecified atom stereocenters. The zero-order valence-corrected chi connectivity index (χ0v) is 11.8. The molecule has 0 aliphatic carbocycles. The average Bonchev–Trinajstić information content (AvgIpc) is 2.61. The van der Waals surface area contributed by atoms with Gasteiger partial charge in [-0.25, -0.2) is 4.39 Å². The Balaban J connectivity index is 3.01. The van der Waals surface area contributed by atoms with Crippen molar-refractivity contribution in [1.82, 2.24) is 0 Å². The molecule has 0 spiro atoms. The monoisotopic (exact) mass is 308 g/mol. The van der Waals surface area contributed by atoms with E-state index in [1.165, 1.54) is 0 Å². The van der Waals surface area contributed by atoms with Gasteiger partial charge in [0.1, 0.15) is 19.4 Å². The molecular weight excluding hydrogens is 291 g/mol. The van der Waals surface area contributed by atoms with Crippen LogP contribution in [0.25, 0.3) is 0 Å². The van der Waals surface area contributed by atoms with Gasteiger partial charge in [0, 0.05) is 20.8 Å². The Morgan fingerprint density at radius 2 is 1.71 bits per heavy atom. The molecule has 0 aromatic heterocycles. The van der Waals surface area contributed by atoms with Gasteiger partial charge in [-0.2, -0.15) is 0 Å². The van der Waals surface area contributed by atoms with Crippen LogP contribution in [0.4, 0.5) is 4.39 Å². The Bertz CT molecular complexity index is 425. The van der Waals surface area contributed by atoms with Crippen LogP contribution in [0.15, 0.2) is 0 Å². The summed E-state index contributed by atoms with van der Waals surface area (Å²) in [5.74, 6) is -4.59. The van der Waals surface area contributed by atoms with Crippen LogP contribution in [0.1, 0.15) is 20.8 Å². The molecule has 9 heteroatoms. The first-order valence-corrected chi connectivity index (χ1v) is 6.13. The van der Waals surface area contributed by atoms with Gasteiger partial charge < -0.3 is 24.1 Å². The zero-order valence-electron chi connectivity index (χ0n) is 11.8. The maximum Gasteiger partial charge on any atom is 0.303 e. The number of alkyl halides is 1. The molecule has 1 N–H and O–H groups in total. The Morgan fingerprint density at radius 3 is 2.14 bits per heavy atom. The molecule has 0 amide bonds. The number of carbonyl (C=O) groups excluding carboxylic acids is 3. The topological polar surface area (TPSA) is 108 Å². The van der Waals surface area contributed by atoms with Gasteiger partial charge in [-0.15, -0.1) is 0 Å². The third-order valence-electron chi connectivity index (χ3n) is 2.69. The summed E-state index contributed by atoms with van der Waals surface area (Å²) in [5.41, 5.74) is 0. The van der Waals surface area contributed by atoms with Gasteiger partial charge in [0.15, 0.2) is 12.2 Å². The summed E-state index contributed by atoms with van der Waals surface area (Å²) in [6.45, 7) is 1.42. The van der Waals surface area contributed by atoms with Crippen LogP contribution >= 0.6 is 0 Å². The van der Waals surface area contributed by atoms with E-state index >= 15 is 0 Å². The van der Waals surface area contributed by atoms with Crippen molar-refractivity contribution in [2.75, 3.05) is 13.3 Å². The Hall–Kier alpha value is -1.74. The Morgan fingerprint density at radius 1 is 1.14 bits per heavy atom. The Kier molecular flexibility index (Phi) is 5.62. The van der Waals surface area contributed by atoms with E-state index in [1.54, 1.807) is 0 Å². The van der Waals surface area contributed by atoms with Crippen LogP contribution < -0.4 is 0 Å². The zero-order chi connectivity index (χ0) is 16.2. The highest BCUT2D eigenvalue weighted by Crippen LogP contribution is 2.34. The number of hydrogen-bond donors (Lipinski definition) is 1. The number of ether oxygens (including phenoxy) is 4. The molecule has 1 rings (SSSR count). The molecule has 0 aromatic carbocycles. The summed E-state index contributed by atoms with van der Waals surface area (Å²) < 4.78 is 32.3. The van der Waals surface area contributed by atoms with Crippen molar-refractivity contribution in [2.24, 2.45) is 0 Å². The van der Waals surface area contributed by atoms with E-state index in [4.69, 9.17) is 14.2 Å². The minimum atomic E-state index is -2.30. The lowest BCUT2D eigenvalue weighted by atomic mass is 10.1. The van der Waals surface area contributed by atoms with Crippen molar-refractivity contribution in [1.29, 1.82) is 0 Å². The van der Waals surface area contributed by atoms with Crippen molar-refractivity contribution in [3.8, 4) is 0 Å². The molecule has 1 aliphatic rings. The molecule has 1 saturated heterocycles. The minimum Gasteiger partial charge on any atom is -0.460 e.